The van der Waals surface area contributed by atoms with E-state index in [1.54, 1.807) is 13.3 Å². The number of likely N-dealkylation sites (tertiary alicyclic amines) is 2. The number of anilines is 2. The number of aromatic nitrogens is 4. The number of piperidine rings is 2. The van der Waals surface area contributed by atoms with E-state index in [1.165, 1.54) is 6.08 Å². The Hall–Kier alpha value is -4.43. The summed E-state index contributed by atoms with van der Waals surface area (Å²) in [5.41, 5.74) is 4.61. The van der Waals surface area contributed by atoms with Crippen molar-refractivity contribution in [1.82, 2.24) is 30.0 Å². The molecular weight excluding hydrogens is 697 g/mol. The number of nitrogens with one attached hydrogen (secondary N) is 1. The van der Waals surface area contributed by atoms with Crippen molar-refractivity contribution in [3.63, 3.8) is 0 Å². The SMILES string of the molecule is C=CC(=O)N1CC2(CCN(c3nc(N4CC(N5CCC(OC)CC5)C4)nc4c(OCC(F)(F)F)c(-c5c(C)ccc6[nH]ncc56)c(C5CC5)cc34)CC2)C1. The van der Waals surface area contributed by atoms with E-state index in [4.69, 9.17) is 19.4 Å². The molecule has 6 heterocycles. The van der Waals surface area contributed by atoms with Gasteiger partial charge in [-0.25, -0.2) is 4.98 Å². The molecule has 0 unspecified atom stereocenters. The van der Waals surface area contributed by atoms with Crippen LogP contribution in [-0.4, -0.2) is 120 Å². The first-order valence-corrected chi connectivity index (χ1v) is 19.2. The fraction of sp³-hybridized carbons (Fsp3) is 0.550. The van der Waals surface area contributed by atoms with E-state index >= 15 is 0 Å². The average molecular weight is 745 g/mol. The van der Waals surface area contributed by atoms with Crippen LogP contribution in [0.25, 0.3) is 32.9 Å². The van der Waals surface area contributed by atoms with Crippen LogP contribution in [0.3, 0.4) is 0 Å². The minimum Gasteiger partial charge on any atom is -0.481 e. The minimum absolute atomic E-state index is 0.0402. The van der Waals surface area contributed by atoms with Crippen molar-refractivity contribution < 1.29 is 27.4 Å². The monoisotopic (exact) mass is 744 g/mol. The molecule has 1 spiro atoms. The van der Waals surface area contributed by atoms with E-state index in [-0.39, 0.29) is 23.0 Å². The van der Waals surface area contributed by atoms with Crippen molar-refractivity contribution in [3.05, 3.63) is 48.2 Å². The van der Waals surface area contributed by atoms with Crippen molar-refractivity contribution in [2.24, 2.45) is 5.41 Å². The highest BCUT2D eigenvalue weighted by Gasteiger charge is 2.47. The van der Waals surface area contributed by atoms with Gasteiger partial charge in [0.25, 0.3) is 0 Å². The zero-order chi connectivity index (χ0) is 37.4. The number of fused-ring (bicyclic) bond motifs is 2. The number of H-pyrrole nitrogens is 1. The first kappa shape index (κ1) is 35.3. The lowest BCUT2D eigenvalue weighted by Gasteiger charge is -2.54. The van der Waals surface area contributed by atoms with Gasteiger partial charge in [0.15, 0.2) is 12.4 Å². The molecule has 4 aromatic rings. The molecule has 2 aromatic carbocycles. The maximum absolute atomic E-state index is 14.1. The van der Waals surface area contributed by atoms with Gasteiger partial charge in [0, 0.05) is 87.3 Å². The second-order valence-corrected chi connectivity index (χ2v) is 16.1. The molecule has 4 aliphatic heterocycles. The topological polar surface area (TPSA) is 103 Å². The van der Waals surface area contributed by atoms with Crippen molar-refractivity contribution >= 4 is 39.5 Å². The number of halogens is 3. The summed E-state index contributed by atoms with van der Waals surface area (Å²) < 4.78 is 53.9. The van der Waals surface area contributed by atoms with Gasteiger partial charge in [-0.15, -0.1) is 0 Å². The minimum atomic E-state index is -4.56. The highest BCUT2D eigenvalue weighted by atomic mass is 19.4. The molecule has 1 aliphatic carbocycles. The average Bonchev–Trinajstić information content (AvgIpc) is 3.87. The predicted octanol–water partition coefficient (Wildman–Crippen LogP) is 6.21. The van der Waals surface area contributed by atoms with E-state index in [0.29, 0.717) is 60.7 Å². The summed E-state index contributed by atoms with van der Waals surface area (Å²) in [6.45, 7) is 10.4. The lowest BCUT2D eigenvalue weighted by molar-refractivity contribution is -0.153. The highest BCUT2D eigenvalue weighted by molar-refractivity contribution is 6.06. The largest absolute Gasteiger partial charge is 0.481 e. The third-order valence-corrected chi connectivity index (χ3v) is 12.6. The number of aromatic amines is 1. The summed E-state index contributed by atoms with van der Waals surface area (Å²) in [5.74, 6) is 1.53. The van der Waals surface area contributed by atoms with Gasteiger partial charge in [-0.05, 0) is 86.3 Å². The number of amides is 1. The van der Waals surface area contributed by atoms with Crippen molar-refractivity contribution in [3.8, 4) is 16.9 Å². The number of methoxy groups -OCH3 is 1. The Morgan fingerprint density at radius 3 is 2.43 bits per heavy atom. The van der Waals surface area contributed by atoms with Gasteiger partial charge in [0.05, 0.1) is 17.8 Å². The molecule has 286 valence electrons. The molecule has 1 N–H and O–H groups in total. The molecule has 1 saturated carbocycles. The Balaban J connectivity index is 1.16. The number of carbonyl (C=O) groups is 1. The van der Waals surface area contributed by atoms with E-state index in [2.05, 4.69) is 37.5 Å². The van der Waals surface area contributed by atoms with Gasteiger partial charge in [-0.2, -0.15) is 23.3 Å². The van der Waals surface area contributed by atoms with E-state index in [9.17, 15) is 18.0 Å². The third kappa shape index (κ3) is 6.34. The predicted molar refractivity (Wildman–Crippen MR) is 201 cm³/mol. The quantitative estimate of drug-likeness (QED) is 0.201. The molecule has 1 amide bonds. The summed E-state index contributed by atoms with van der Waals surface area (Å²) in [4.78, 5) is 31.4. The molecule has 4 saturated heterocycles. The van der Waals surface area contributed by atoms with Crippen LogP contribution in [0.2, 0.25) is 0 Å². The lowest BCUT2D eigenvalue weighted by atomic mass is 9.72. The van der Waals surface area contributed by atoms with Crippen molar-refractivity contribution in [2.75, 3.05) is 75.9 Å². The summed E-state index contributed by atoms with van der Waals surface area (Å²) in [7, 11) is 1.77. The normalized spacial score (nSPS) is 21.2. The van der Waals surface area contributed by atoms with Crippen LogP contribution >= 0.6 is 0 Å². The van der Waals surface area contributed by atoms with E-state index in [1.807, 2.05) is 24.0 Å². The standard InChI is InChI=1S/C40H47F3N8O3/c1-4-32(52)51-21-39(22-51)11-15-49(16-12-39)37-29-17-28(25-6-7-25)34(33-24(2)5-8-31-30(33)18-44-47-31)36(54-23-40(41,42)43)35(29)45-38(46-37)50-19-26(20-50)48-13-9-27(53-3)10-14-48/h4-5,8,17-18,25-27H,1,6-7,9-16,19-23H2,2-3H3,(H,44,47). The second kappa shape index (κ2) is 13.4. The molecular formula is C40H47F3N8O3. The van der Waals surface area contributed by atoms with Crippen LogP contribution in [0, 0.1) is 12.3 Å². The smallest absolute Gasteiger partial charge is 0.422 e. The Morgan fingerprint density at radius 2 is 1.76 bits per heavy atom. The molecule has 5 aliphatic rings. The number of ether oxygens (including phenoxy) is 2. The molecule has 54 heavy (non-hydrogen) atoms. The zero-order valence-corrected chi connectivity index (χ0v) is 30.9. The summed E-state index contributed by atoms with van der Waals surface area (Å²) in [5, 5.41) is 8.89. The molecule has 5 fully saturated rings. The number of hydrogen-bond donors (Lipinski definition) is 1. The molecule has 0 radical (unpaired) electrons. The van der Waals surface area contributed by atoms with Gasteiger partial charge < -0.3 is 24.2 Å². The summed E-state index contributed by atoms with van der Waals surface area (Å²) in [6, 6.07) is 6.40. The number of aryl methyl sites for hydroxylation is 1. The van der Waals surface area contributed by atoms with Crippen molar-refractivity contribution in [1.29, 1.82) is 0 Å². The van der Waals surface area contributed by atoms with E-state index in [0.717, 1.165) is 98.1 Å². The Bertz CT molecular complexity index is 2090. The number of alkyl halides is 3. The van der Waals surface area contributed by atoms with Gasteiger partial charge >= 0.3 is 6.18 Å². The molecule has 2 aromatic heterocycles. The summed E-state index contributed by atoms with van der Waals surface area (Å²) >= 11 is 0. The van der Waals surface area contributed by atoms with Gasteiger partial charge in [-0.3, -0.25) is 14.8 Å². The number of rotatable bonds is 9. The van der Waals surface area contributed by atoms with Crippen LogP contribution in [0.15, 0.2) is 37.1 Å². The Morgan fingerprint density at radius 1 is 1.02 bits per heavy atom. The maximum Gasteiger partial charge on any atom is 0.422 e. The van der Waals surface area contributed by atoms with Crippen LogP contribution in [-0.2, 0) is 9.53 Å². The second-order valence-electron chi connectivity index (χ2n) is 16.1. The molecule has 0 bridgehead atoms. The maximum atomic E-state index is 14.1. The molecule has 14 heteroatoms. The third-order valence-electron chi connectivity index (χ3n) is 12.6. The Labute approximate surface area is 312 Å². The number of carbonyl (C=O) groups excluding carboxylic acids is 1. The van der Waals surface area contributed by atoms with Crippen molar-refractivity contribution in [2.45, 2.75) is 69.7 Å². The first-order valence-electron chi connectivity index (χ1n) is 19.2. The Kier molecular flexibility index (Phi) is 8.75. The number of hydrogen-bond acceptors (Lipinski definition) is 9. The number of benzene rings is 2. The number of nitrogens with zero attached hydrogens (tertiary/aromatic N) is 7. The fourth-order valence-corrected chi connectivity index (χ4v) is 9.22. The molecule has 9 rings (SSSR count). The van der Waals surface area contributed by atoms with Crippen LogP contribution in [0.4, 0.5) is 24.9 Å². The molecule has 11 nitrogen and oxygen atoms in total. The van der Waals surface area contributed by atoms with Crippen LogP contribution in [0.5, 0.6) is 5.75 Å². The lowest BCUT2D eigenvalue weighted by Crippen LogP contribution is -2.62. The zero-order valence-electron chi connectivity index (χ0n) is 30.9. The van der Waals surface area contributed by atoms with Crippen LogP contribution < -0.4 is 14.5 Å². The molecule has 0 atom stereocenters. The van der Waals surface area contributed by atoms with Gasteiger partial charge in [0.1, 0.15) is 11.3 Å². The fourth-order valence-electron chi connectivity index (χ4n) is 9.22. The highest BCUT2D eigenvalue weighted by Crippen LogP contribution is 2.53. The first-order chi connectivity index (χ1) is 26.0. The van der Waals surface area contributed by atoms with Gasteiger partial charge in [0.2, 0.25) is 11.9 Å². The summed E-state index contributed by atoms with van der Waals surface area (Å²) in [6.07, 6.45) is 4.48. The van der Waals surface area contributed by atoms with Crippen LogP contribution in [0.1, 0.15) is 55.6 Å². The van der Waals surface area contributed by atoms with E-state index < -0.39 is 12.8 Å². The van der Waals surface area contributed by atoms with Gasteiger partial charge in [-0.1, -0.05) is 12.6 Å².